The summed E-state index contributed by atoms with van der Waals surface area (Å²) in [5.41, 5.74) is 3.95. The van der Waals surface area contributed by atoms with Crippen molar-refractivity contribution in [3.8, 4) is 11.5 Å². The molecule has 3 rings (SSSR count). The van der Waals surface area contributed by atoms with Crippen molar-refractivity contribution < 1.29 is 10.2 Å². The van der Waals surface area contributed by atoms with Crippen molar-refractivity contribution in [2.45, 2.75) is 54.9 Å². The molecule has 0 bridgehead atoms. The molecule has 2 N–H and O–H groups in total. The van der Waals surface area contributed by atoms with E-state index in [1.54, 1.807) is 18.2 Å². The molecule has 0 saturated carbocycles. The number of hydrogen-bond acceptors (Lipinski definition) is 3. The zero-order valence-corrected chi connectivity index (χ0v) is 17.2. The number of para-hydroxylation sites is 1. The monoisotopic (exact) mass is 355 g/mol. The van der Waals surface area contributed by atoms with Gasteiger partial charge < -0.3 is 10.2 Å². The van der Waals surface area contributed by atoms with Gasteiger partial charge in [0.05, 0.1) is 0 Å². The van der Waals surface area contributed by atoms with E-state index in [2.05, 4.69) is 18.8 Å². The molecule has 3 heteroatoms. The minimum Gasteiger partial charge on any atom is -0.508 e. The van der Waals surface area contributed by atoms with Gasteiger partial charge in [0.2, 0.25) is 0 Å². The van der Waals surface area contributed by atoms with Crippen LogP contribution in [-0.2, 0) is 0 Å². The summed E-state index contributed by atoms with van der Waals surface area (Å²) in [6, 6.07) is 14.6. The highest BCUT2D eigenvalue weighted by molar-refractivity contribution is 5.84. The fourth-order valence-corrected chi connectivity index (χ4v) is 1.95. The van der Waals surface area contributed by atoms with Gasteiger partial charge in [0.1, 0.15) is 17.0 Å². The van der Waals surface area contributed by atoms with Gasteiger partial charge in [-0.2, -0.15) is 0 Å². The number of aromatic hydroxyl groups is 2. The highest BCUT2D eigenvalue weighted by atomic mass is 16.3. The van der Waals surface area contributed by atoms with Gasteiger partial charge in [-0.25, -0.2) is 4.98 Å². The predicted octanol–water partition coefficient (Wildman–Crippen LogP) is 6.70. The minimum absolute atomic E-state index is 0.246. The number of phenols is 2. The molecule has 0 saturated heterocycles. The highest BCUT2D eigenvalue weighted by Gasteiger charge is 1.99. The Kier molecular flexibility index (Phi) is 11.5. The summed E-state index contributed by atoms with van der Waals surface area (Å²) in [4.78, 5) is 4.23. The molecule has 0 spiro atoms. The molecule has 0 radical (unpaired) electrons. The molecular weight excluding hydrogens is 322 g/mol. The summed E-state index contributed by atoms with van der Waals surface area (Å²) in [7, 11) is 0. The van der Waals surface area contributed by atoms with Crippen LogP contribution in [0.25, 0.3) is 10.9 Å². The maximum absolute atomic E-state index is 9.43. The lowest BCUT2D eigenvalue weighted by Gasteiger charge is -1.99. The largest absolute Gasteiger partial charge is 0.508 e. The van der Waals surface area contributed by atoms with Crippen LogP contribution < -0.4 is 0 Å². The quantitative estimate of drug-likeness (QED) is 0.472. The zero-order chi connectivity index (χ0) is 20.1. The van der Waals surface area contributed by atoms with Gasteiger partial charge in [0, 0.05) is 11.1 Å². The maximum Gasteiger partial charge on any atom is 0.141 e. The van der Waals surface area contributed by atoms with Crippen LogP contribution in [0, 0.1) is 20.8 Å². The first-order chi connectivity index (χ1) is 12.4. The van der Waals surface area contributed by atoms with Crippen molar-refractivity contribution in [3.63, 3.8) is 0 Å². The number of hydrogen-bond donors (Lipinski definition) is 2. The maximum atomic E-state index is 9.43. The molecule has 0 unspecified atom stereocenters. The standard InChI is InChI=1S/C10H9NO.C8H10O.C3H8.C2H6/c1-7-5-6-8-3-2-4-9(12)10(8)11-7;1-6-3-4-8(9)5-7(6)2;1-3-2;1-2/h2-6,12H,1H3;3-5,9H,1-2H3;3H2,1-2H3;1-2H3. The number of fused-ring (bicyclic) bond motifs is 1. The molecule has 142 valence electrons. The second-order valence-corrected chi connectivity index (χ2v) is 5.78. The molecule has 0 aliphatic carbocycles. The lowest BCUT2D eigenvalue weighted by molar-refractivity contribution is 0.474. The van der Waals surface area contributed by atoms with Crippen molar-refractivity contribution in [2.75, 3.05) is 0 Å². The summed E-state index contributed by atoms with van der Waals surface area (Å²) < 4.78 is 0. The number of nitrogens with zero attached hydrogens (tertiary/aromatic N) is 1. The Balaban J connectivity index is 0.000000397. The van der Waals surface area contributed by atoms with Crippen LogP contribution in [-0.4, -0.2) is 15.2 Å². The van der Waals surface area contributed by atoms with Crippen molar-refractivity contribution in [1.29, 1.82) is 0 Å². The molecule has 26 heavy (non-hydrogen) atoms. The Bertz CT molecular complexity index is 782. The van der Waals surface area contributed by atoms with E-state index < -0.39 is 0 Å². The number of aryl methyl sites for hydroxylation is 3. The Morgan fingerprint density at radius 1 is 0.808 bits per heavy atom. The molecule has 0 aliphatic rings. The third kappa shape index (κ3) is 8.02. The molecule has 3 aromatic rings. The van der Waals surface area contributed by atoms with Gasteiger partial charge in [-0.05, 0) is 56.2 Å². The van der Waals surface area contributed by atoms with Crippen LogP contribution in [0.3, 0.4) is 0 Å². The van der Waals surface area contributed by atoms with E-state index in [9.17, 15) is 5.11 Å². The number of aromatic nitrogens is 1. The van der Waals surface area contributed by atoms with Gasteiger partial charge in [-0.3, -0.25) is 0 Å². The molecule has 2 aromatic carbocycles. The minimum atomic E-state index is 0.246. The molecular formula is C23H33NO2. The van der Waals surface area contributed by atoms with Gasteiger partial charge in [-0.15, -0.1) is 0 Å². The Morgan fingerprint density at radius 2 is 1.42 bits per heavy atom. The molecule has 1 aromatic heterocycles. The van der Waals surface area contributed by atoms with Gasteiger partial charge in [0.25, 0.3) is 0 Å². The SMILES string of the molecule is CC.CCC.Cc1ccc(O)cc1C.Cc1ccc2cccc(O)c2n1. The normalized spacial score (nSPS) is 9.04. The van der Waals surface area contributed by atoms with Crippen LogP contribution in [0.4, 0.5) is 0 Å². The van der Waals surface area contributed by atoms with E-state index in [-0.39, 0.29) is 5.75 Å². The van der Waals surface area contributed by atoms with E-state index in [1.165, 1.54) is 12.0 Å². The Labute approximate surface area is 158 Å². The third-order valence-electron chi connectivity index (χ3n) is 3.33. The van der Waals surface area contributed by atoms with Crippen LogP contribution in [0.15, 0.2) is 48.5 Å². The van der Waals surface area contributed by atoms with Crippen molar-refractivity contribution >= 4 is 10.9 Å². The van der Waals surface area contributed by atoms with Crippen LogP contribution in [0.5, 0.6) is 11.5 Å². The van der Waals surface area contributed by atoms with Gasteiger partial charge in [0.15, 0.2) is 0 Å². The summed E-state index contributed by atoms with van der Waals surface area (Å²) in [6.07, 6.45) is 1.25. The van der Waals surface area contributed by atoms with E-state index in [0.717, 1.165) is 16.6 Å². The first-order valence-electron chi connectivity index (χ1n) is 9.20. The fourth-order valence-electron chi connectivity index (χ4n) is 1.95. The smallest absolute Gasteiger partial charge is 0.141 e. The summed E-state index contributed by atoms with van der Waals surface area (Å²) in [6.45, 7) is 14.2. The van der Waals surface area contributed by atoms with Crippen molar-refractivity contribution in [1.82, 2.24) is 4.98 Å². The second kappa shape index (κ2) is 12.8. The Morgan fingerprint density at radius 3 is 1.96 bits per heavy atom. The van der Waals surface area contributed by atoms with E-state index in [0.29, 0.717) is 11.3 Å². The molecule has 0 atom stereocenters. The molecule has 0 fully saturated rings. The lowest BCUT2D eigenvalue weighted by atomic mass is 10.1. The topological polar surface area (TPSA) is 53.4 Å². The summed E-state index contributed by atoms with van der Waals surface area (Å²) >= 11 is 0. The first kappa shape index (κ1) is 23.4. The lowest BCUT2D eigenvalue weighted by Crippen LogP contribution is -1.82. The van der Waals surface area contributed by atoms with Crippen LogP contribution >= 0.6 is 0 Å². The van der Waals surface area contributed by atoms with Crippen LogP contribution in [0.1, 0.15) is 50.9 Å². The number of rotatable bonds is 0. The van der Waals surface area contributed by atoms with Crippen LogP contribution in [0.2, 0.25) is 0 Å². The van der Waals surface area contributed by atoms with Gasteiger partial charge >= 0.3 is 0 Å². The van der Waals surface area contributed by atoms with Gasteiger partial charge in [-0.1, -0.05) is 58.4 Å². The third-order valence-corrected chi connectivity index (χ3v) is 3.33. The summed E-state index contributed by atoms with van der Waals surface area (Å²) in [5.74, 6) is 0.592. The number of phenolic OH excluding ortho intramolecular Hbond substituents is 2. The van der Waals surface area contributed by atoms with E-state index >= 15 is 0 Å². The average Bonchev–Trinajstić information content (AvgIpc) is 2.62. The Hall–Kier alpha value is -2.55. The first-order valence-corrected chi connectivity index (χ1v) is 9.20. The fraction of sp³-hybridized carbons (Fsp3) is 0.348. The highest BCUT2D eigenvalue weighted by Crippen LogP contribution is 2.21. The molecule has 0 aliphatic heterocycles. The van der Waals surface area contributed by atoms with Crippen molar-refractivity contribution in [3.05, 3.63) is 65.4 Å². The second-order valence-electron chi connectivity index (χ2n) is 5.78. The molecule has 0 amide bonds. The predicted molar refractivity (Wildman–Crippen MR) is 113 cm³/mol. The molecule has 1 heterocycles. The van der Waals surface area contributed by atoms with E-state index in [1.807, 2.05) is 65.0 Å². The molecule has 3 nitrogen and oxygen atoms in total. The zero-order valence-electron chi connectivity index (χ0n) is 17.2. The number of pyridine rings is 1. The van der Waals surface area contributed by atoms with Crippen molar-refractivity contribution in [2.24, 2.45) is 0 Å². The van der Waals surface area contributed by atoms with E-state index in [4.69, 9.17) is 5.11 Å². The average molecular weight is 356 g/mol. The summed E-state index contributed by atoms with van der Waals surface area (Å²) in [5, 5.41) is 19.3. The number of benzene rings is 2.